The van der Waals surface area contributed by atoms with Gasteiger partial charge in [-0.25, -0.2) is 0 Å². The zero-order valence-corrected chi connectivity index (χ0v) is 40.5. The van der Waals surface area contributed by atoms with Gasteiger partial charge in [-0.15, -0.1) is 0 Å². The number of carbonyl (C=O) groups excluding carboxylic acids is 2. The van der Waals surface area contributed by atoms with Crippen LogP contribution in [0.25, 0.3) is 20.2 Å². The van der Waals surface area contributed by atoms with E-state index in [9.17, 15) is 9.59 Å². The molecule has 0 aliphatic rings. The first-order valence-electron chi connectivity index (χ1n) is 20.3. The van der Waals surface area contributed by atoms with Gasteiger partial charge in [0, 0.05) is 0 Å². The molecule has 3 rings (SSSR count). The minimum absolute atomic E-state index is 0.229. The van der Waals surface area contributed by atoms with Crippen LogP contribution in [0.4, 0.5) is 0 Å². The average Bonchev–Trinajstić information content (AvgIpc) is 3.70. The van der Waals surface area contributed by atoms with Crippen LogP contribution in [0.2, 0.25) is 29.6 Å². The topological polar surface area (TPSA) is 52.6 Å². The zero-order valence-electron chi connectivity index (χ0n) is 33.2. The second-order valence-corrected chi connectivity index (χ2v) is 49.5. The molecule has 2 aromatic heterocycles. The van der Waals surface area contributed by atoms with E-state index in [1.807, 2.05) is 0 Å². The van der Waals surface area contributed by atoms with Gasteiger partial charge in [-0.2, -0.15) is 0 Å². The first-order valence-corrected chi connectivity index (χ1v) is 41.9. The number of unbranched alkanes of at least 4 members (excludes halogenated alkanes) is 18. The van der Waals surface area contributed by atoms with Crippen LogP contribution in [0.5, 0.6) is 0 Å². The molecule has 1 aromatic carbocycles. The van der Waals surface area contributed by atoms with E-state index in [0.29, 0.717) is 24.3 Å². The number of hydrogen-bond acceptors (Lipinski definition) is 6. The van der Waals surface area contributed by atoms with Crippen LogP contribution in [-0.4, -0.2) is 61.9 Å². The van der Waals surface area contributed by atoms with Crippen molar-refractivity contribution in [3.05, 3.63) is 23.3 Å². The fourth-order valence-corrected chi connectivity index (χ4v) is 19.4. The molecule has 4 nitrogen and oxygen atoms in total. The number of thiophene rings is 2. The van der Waals surface area contributed by atoms with E-state index < -0.39 is 36.8 Å². The Morgan fingerprint density at radius 1 is 0.480 bits per heavy atom. The summed E-state index contributed by atoms with van der Waals surface area (Å²) in [5, 5.41) is 1.81. The molecule has 2 heterocycles. The van der Waals surface area contributed by atoms with Gasteiger partial charge in [0.15, 0.2) is 0 Å². The summed E-state index contributed by atoms with van der Waals surface area (Å²) >= 11 is -1.60. The molecule has 3 aromatic rings. The Kier molecular flexibility index (Phi) is 20.1. The molecule has 0 aliphatic heterocycles. The summed E-state index contributed by atoms with van der Waals surface area (Å²) in [6.45, 7) is 5.43. The molecule has 0 atom stereocenters. The minimum atomic E-state index is -2.53. The van der Waals surface area contributed by atoms with Crippen molar-refractivity contribution >= 4 is 97.3 Å². The molecule has 8 heteroatoms. The Morgan fingerprint density at radius 2 is 0.760 bits per heavy atom. The molecule has 0 unspecified atom stereocenters. The third-order valence-corrected chi connectivity index (χ3v) is 31.0. The Bertz CT molecular complexity index is 1300. The van der Waals surface area contributed by atoms with Crippen molar-refractivity contribution in [3.8, 4) is 0 Å². The van der Waals surface area contributed by atoms with Crippen molar-refractivity contribution in [2.45, 2.75) is 172 Å². The summed E-state index contributed by atoms with van der Waals surface area (Å²) in [7, 11) is 0. The monoisotopic (exact) mass is 942 g/mol. The van der Waals surface area contributed by atoms with E-state index in [4.69, 9.17) is 9.47 Å². The van der Waals surface area contributed by atoms with Crippen molar-refractivity contribution in [3.63, 3.8) is 0 Å². The van der Waals surface area contributed by atoms with E-state index in [-0.39, 0.29) is 11.9 Å². The quantitative estimate of drug-likeness (QED) is 0.0457. The van der Waals surface area contributed by atoms with E-state index in [2.05, 4.69) is 55.6 Å². The van der Waals surface area contributed by atoms with E-state index >= 15 is 0 Å². The van der Waals surface area contributed by atoms with Crippen LogP contribution in [-0.2, 0) is 9.47 Å². The van der Waals surface area contributed by atoms with Crippen molar-refractivity contribution in [2.75, 3.05) is 13.2 Å². The van der Waals surface area contributed by atoms with Gasteiger partial charge < -0.3 is 0 Å². The summed E-state index contributed by atoms with van der Waals surface area (Å²) in [5.74, 6) is -0.459. The van der Waals surface area contributed by atoms with Crippen molar-refractivity contribution in [2.24, 2.45) is 0 Å². The van der Waals surface area contributed by atoms with Crippen LogP contribution in [0, 0.1) is 0 Å². The third-order valence-electron chi connectivity index (χ3n) is 9.81. The summed E-state index contributed by atoms with van der Waals surface area (Å²) in [4.78, 5) is 42.5. The van der Waals surface area contributed by atoms with E-state index in [0.717, 1.165) is 45.9 Å². The van der Waals surface area contributed by atoms with Crippen LogP contribution in [0.1, 0.15) is 163 Å². The van der Waals surface area contributed by atoms with E-state index in [1.54, 1.807) is 22.7 Å². The number of hydrogen-bond donors (Lipinski definition) is 0. The van der Waals surface area contributed by atoms with Gasteiger partial charge in [0.05, 0.1) is 0 Å². The zero-order chi connectivity index (χ0) is 36.6. The first kappa shape index (κ1) is 44.1. The molecule has 0 amide bonds. The van der Waals surface area contributed by atoms with E-state index in [1.165, 1.54) is 109 Å². The van der Waals surface area contributed by atoms with Gasteiger partial charge in [-0.05, 0) is 0 Å². The van der Waals surface area contributed by atoms with Crippen molar-refractivity contribution < 1.29 is 19.1 Å². The summed E-state index contributed by atoms with van der Waals surface area (Å²) in [6, 6.07) is 4.48. The average molecular weight is 941 g/mol. The van der Waals surface area contributed by atoms with Gasteiger partial charge in [-0.1, -0.05) is 78.1 Å². The third kappa shape index (κ3) is 14.2. The van der Waals surface area contributed by atoms with Crippen LogP contribution >= 0.6 is 22.7 Å². The normalized spacial score (nSPS) is 12.3. The SMILES string of the molecule is CCCCCCCCCCCCOC(=O)c1c2c[c]([Sn]([CH3])([CH3])[CH3])sc2c(C(=O)OCCCCCCCCCCCC)c2c[c]([Sn]([CH3])([CH3])[CH3])sc12. The number of ether oxygens (including phenoxy) is 2. The molecule has 0 aliphatic carbocycles. The molecule has 0 saturated carbocycles. The van der Waals surface area contributed by atoms with Gasteiger partial charge in [0.25, 0.3) is 0 Å². The summed E-state index contributed by atoms with van der Waals surface area (Å²) in [6.07, 6.45) is 25.0. The van der Waals surface area contributed by atoms with Gasteiger partial charge in [0.2, 0.25) is 0 Å². The molecule has 282 valence electrons. The number of esters is 2. The fraction of sp³-hybridized carbons (Fsp3) is 0.714. The second-order valence-electron chi connectivity index (χ2n) is 16.6. The predicted octanol–water partition coefficient (Wildman–Crippen LogP) is 13.4. The molecule has 0 saturated heterocycles. The van der Waals surface area contributed by atoms with Crippen LogP contribution in [0.15, 0.2) is 12.1 Å². The van der Waals surface area contributed by atoms with Crippen molar-refractivity contribution in [1.82, 2.24) is 0 Å². The van der Waals surface area contributed by atoms with Crippen LogP contribution < -0.4 is 5.79 Å². The molecular weight excluding hydrogens is 870 g/mol. The number of rotatable bonds is 26. The molecule has 0 spiro atoms. The van der Waals surface area contributed by atoms with Crippen molar-refractivity contribution in [1.29, 1.82) is 0 Å². The van der Waals surface area contributed by atoms with Gasteiger partial charge >= 0.3 is 247 Å². The molecule has 0 bridgehead atoms. The summed E-state index contributed by atoms with van der Waals surface area (Å²) < 4.78 is 16.7. The Hall–Kier alpha value is -0.323. The number of carbonyl (C=O) groups is 2. The Morgan fingerprint density at radius 3 is 1.04 bits per heavy atom. The molecule has 50 heavy (non-hydrogen) atoms. The standard InChI is InChI=1S/C36H52O4S2.6CH3.2Sn/c1-3-5-7-9-11-13-15-17-19-21-25-39-35(37)31-29-23-27-42-34(29)32(30-24-28-41-33(30)31)36(38)40-26-22-20-18-16-14-12-10-8-6-4-2;;;;;;;;/h23-24H,3-22,25-26H2,1-2H3;6*1H3;;. The molecule has 0 fully saturated rings. The van der Waals surface area contributed by atoms with Crippen LogP contribution in [0.3, 0.4) is 0 Å². The number of benzene rings is 1. The maximum atomic E-state index is 14.0. The summed E-state index contributed by atoms with van der Waals surface area (Å²) in [5.41, 5.74) is 1.36. The first-order chi connectivity index (χ1) is 23.9. The second kappa shape index (κ2) is 22.8. The molecule has 0 N–H and O–H groups in total. The fourth-order valence-electron chi connectivity index (χ4n) is 6.57. The van der Waals surface area contributed by atoms with Gasteiger partial charge in [0.1, 0.15) is 0 Å². The predicted molar refractivity (Wildman–Crippen MR) is 227 cm³/mol. The van der Waals surface area contributed by atoms with Gasteiger partial charge in [-0.3, -0.25) is 0 Å². The Labute approximate surface area is 322 Å². The maximum absolute atomic E-state index is 14.0. The molecule has 0 radical (unpaired) electrons. The Balaban J connectivity index is 1.75. The number of fused-ring (bicyclic) bond motifs is 2. The molecular formula is C42H70O4S2Sn2.